The van der Waals surface area contributed by atoms with E-state index in [1.807, 2.05) is 0 Å². The van der Waals surface area contributed by atoms with E-state index in [9.17, 15) is 65.1 Å². The molecule has 0 aromatic heterocycles. The predicted molar refractivity (Wildman–Crippen MR) is 172 cm³/mol. The zero-order valence-corrected chi connectivity index (χ0v) is 26.3. The summed E-state index contributed by atoms with van der Waals surface area (Å²) in [6, 6.07) is 12.3. The van der Waals surface area contributed by atoms with Crippen LogP contribution in [0.4, 0.5) is 0 Å². The van der Waals surface area contributed by atoms with Crippen molar-refractivity contribution in [2.24, 2.45) is 0 Å². The van der Waals surface area contributed by atoms with Crippen LogP contribution in [0, 0.1) is 0 Å². The fourth-order valence-corrected chi connectivity index (χ4v) is 5.19. The number of ether oxygens (including phenoxy) is 4. The summed E-state index contributed by atoms with van der Waals surface area (Å²) in [7, 11) is 0. The van der Waals surface area contributed by atoms with Crippen LogP contribution in [0.25, 0.3) is 6.08 Å². The van der Waals surface area contributed by atoms with E-state index in [-0.39, 0.29) is 33.8 Å². The molecule has 1 aliphatic rings. The number of rotatable bonds is 12. The first-order chi connectivity index (χ1) is 24.6. The van der Waals surface area contributed by atoms with Crippen LogP contribution in [-0.2, 0) is 35.1 Å². The lowest BCUT2D eigenvalue weighted by molar-refractivity contribution is -0.179. The monoisotopic (exact) mass is 720 g/mol. The van der Waals surface area contributed by atoms with E-state index in [2.05, 4.69) is 0 Å². The van der Waals surface area contributed by atoms with E-state index in [0.29, 0.717) is 0 Å². The molecule has 4 atom stereocenters. The van der Waals surface area contributed by atoms with Crippen LogP contribution >= 0.6 is 0 Å². The Morgan fingerprint density at radius 1 is 0.692 bits per heavy atom. The number of carboxylic acids is 2. The van der Waals surface area contributed by atoms with Gasteiger partial charge in [0, 0.05) is 24.1 Å². The molecule has 270 valence electrons. The minimum absolute atomic E-state index is 0.00350. The molecule has 52 heavy (non-hydrogen) atoms. The van der Waals surface area contributed by atoms with Gasteiger partial charge in [-0.15, -0.1) is 0 Å². The second kappa shape index (κ2) is 14.7. The van der Waals surface area contributed by atoms with E-state index in [1.54, 1.807) is 0 Å². The minimum atomic E-state index is -2.23. The van der Waals surface area contributed by atoms with Crippen LogP contribution in [-0.4, -0.2) is 82.2 Å². The summed E-state index contributed by atoms with van der Waals surface area (Å²) in [5, 5.41) is 88.8. The third kappa shape index (κ3) is 7.78. The van der Waals surface area contributed by atoms with Gasteiger partial charge < -0.3 is 64.9 Å². The van der Waals surface area contributed by atoms with Gasteiger partial charge in [-0.05, 0) is 65.2 Å². The highest BCUT2D eigenvalue weighted by molar-refractivity contribution is 5.91. The van der Waals surface area contributed by atoms with Gasteiger partial charge in [-0.3, -0.25) is 4.79 Å². The molecule has 5 rings (SSSR count). The number of carboxylic acid groups (broad SMARTS) is 2. The number of carbonyl (C=O) groups is 4. The first-order valence-corrected chi connectivity index (χ1v) is 14.9. The van der Waals surface area contributed by atoms with Crippen LogP contribution in [0.5, 0.6) is 51.7 Å². The highest BCUT2D eigenvalue weighted by Gasteiger charge is 2.46. The lowest BCUT2D eigenvalue weighted by Gasteiger charge is -2.22. The molecule has 2 unspecified atom stereocenters. The summed E-state index contributed by atoms with van der Waals surface area (Å²) in [5.74, 6) is -11.8. The Labute approximate surface area is 291 Å². The second-order valence-corrected chi connectivity index (χ2v) is 11.2. The van der Waals surface area contributed by atoms with Crippen LogP contribution < -0.4 is 9.47 Å². The molecule has 0 bridgehead atoms. The topological polar surface area (TPSA) is 287 Å². The van der Waals surface area contributed by atoms with Gasteiger partial charge >= 0.3 is 30.2 Å². The Bertz CT molecular complexity index is 2090. The summed E-state index contributed by atoms with van der Waals surface area (Å²) in [6.45, 7) is 0. The van der Waals surface area contributed by atoms with Crippen molar-refractivity contribution in [2.45, 2.75) is 30.8 Å². The van der Waals surface area contributed by atoms with E-state index in [0.717, 1.165) is 60.7 Å². The van der Waals surface area contributed by atoms with Crippen molar-refractivity contribution in [3.63, 3.8) is 0 Å². The van der Waals surface area contributed by atoms with Crippen molar-refractivity contribution in [3.8, 4) is 51.7 Å². The van der Waals surface area contributed by atoms with E-state index in [4.69, 9.17) is 18.9 Å². The second-order valence-electron chi connectivity index (χ2n) is 11.2. The Balaban J connectivity index is 1.47. The number of hydrogen-bond acceptors (Lipinski definition) is 15. The normalized spacial score (nSPS) is 15.9. The van der Waals surface area contributed by atoms with E-state index >= 15 is 0 Å². The number of phenols is 7. The molecule has 9 N–H and O–H groups in total. The maximum absolute atomic E-state index is 13.9. The zero-order valence-electron chi connectivity index (χ0n) is 26.3. The number of aromatic hydroxyl groups is 7. The molecule has 4 aromatic carbocycles. The summed E-state index contributed by atoms with van der Waals surface area (Å²) >= 11 is 0. The van der Waals surface area contributed by atoms with E-state index < -0.39 is 95.0 Å². The molecule has 0 spiro atoms. The molecule has 0 radical (unpaired) electrons. The average Bonchev–Trinajstić information content (AvgIpc) is 3.50. The summed E-state index contributed by atoms with van der Waals surface area (Å²) < 4.78 is 21.3. The van der Waals surface area contributed by atoms with Gasteiger partial charge in [-0.2, -0.15) is 0 Å². The Hall–Kier alpha value is -7.30. The fourth-order valence-electron chi connectivity index (χ4n) is 5.19. The highest BCUT2D eigenvalue weighted by atomic mass is 16.7. The van der Waals surface area contributed by atoms with Gasteiger partial charge in [0.05, 0.1) is 0 Å². The van der Waals surface area contributed by atoms with Crippen molar-refractivity contribution in [2.75, 3.05) is 0 Å². The number of aliphatic carboxylic acids is 2. The van der Waals surface area contributed by atoms with Crippen molar-refractivity contribution in [3.05, 3.63) is 95.1 Å². The predicted octanol–water partition coefficient (Wildman–Crippen LogP) is 3.13. The first kappa shape index (κ1) is 36.0. The molecule has 4 aromatic rings. The summed E-state index contributed by atoms with van der Waals surface area (Å²) in [6.07, 6.45) is -4.15. The highest BCUT2D eigenvalue weighted by Crippen LogP contribution is 2.53. The first-order valence-electron chi connectivity index (χ1n) is 14.9. The number of benzene rings is 4. The van der Waals surface area contributed by atoms with Crippen molar-refractivity contribution in [1.29, 1.82) is 0 Å². The average molecular weight is 721 g/mol. The zero-order chi connectivity index (χ0) is 37.9. The Kier molecular flexibility index (Phi) is 10.2. The van der Waals surface area contributed by atoms with Gasteiger partial charge in [0.2, 0.25) is 6.10 Å². The molecule has 0 saturated carbocycles. The lowest BCUT2D eigenvalue weighted by Crippen LogP contribution is -2.33. The molecular formula is C35H28O17. The standard InChI is InChI=1S/C35H28O17/c36-19-6-1-15(11-23(19)40)12-26(32(44)45)50-34(48)29-28-16(2-8-22(39)31(28)52-30(29)17-3-7-20(37)24(41)13-17)4-10-27(43)51-35(33(46)47)49-18-5-9-21(38)25(42)14-18/h1-11,13-14,26,29-30,35-42H,12H2,(H,44,45)(H,46,47)/b10-4+/t26?,29-,30?,35-/m0/s1. The molecule has 1 heterocycles. The quantitative estimate of drug-likeness (QED) is 0.0440. The molecule has 17 nitrogen and oxygen atoms in total. The molecule has 0 saturated heterocycles. The van der Waals surface area contributed by atoms with Gasteiger partial charge in [-0.25, -0.2) is 14.4 Å². The Morgan fingerprint density at radius 2 is 1.31 bits per heavy atom. The van der Waals surface area contributed by atoms with Crippen LogP contribution in [0.2, 0.25) is 0 Å². The number of esters is 2. The molecule has 1 aliphatic heterocycles. The minimum Gasteiger partial charge on any atom is -0.504 e. The molecule has 0 aliphatic carbocycles. The summed E-state index contributed by atoms with van der Waals surface area (Å²) in [4.78, 5) is 50.6. The maximum atomic E-state index is 13.9. The maximum Gasteiger partial charge on any atom is 0.387 e. The number of phenolic OH excluding ortho intramolecular Hbond substituents is 7. The van der Waals surface area contributed by atoms with Crippen LogP contribution in [0.3, 0.4) is 0 Å². The smallest absolute Gasteiger partial charge is 0.387 e. The molecular weight excluding hydrogens is 692 g/mol. The number of carbonyl (C=O) groups excluding carboxylic acids is 2. The van der Waals surface area contributed by atoms with E-state index in [1.165, 1.54) is 18.2 Å². The SMILES string of the molecule is O=C(/C=C/c1ccc(O)c2c1[C@H](C(=O)OC(Cc1ccc(O)c(O)c1)C(=O)O)C(c1ccc(O)c(O)c1)O2)O[C@H](Oc1ccc(O)c(O)c1)C(=O)O. The van der Waals surface area contributed by atoms with Crippen LogP contribution in [0.1, 0.15) is 34.3 Å². The third-order valence-electron chi connectivity index (χ3n) is 7.66. The third-order valence-corrected chi connectivity index (χ3v) is 7.66. The van der Waals surface area contributed by atoms with Crippen molar-refractivity contribution < 1.29 is 84.1 Å². The largest absolute Gasteiger partial charge is 0.504 e. The van der Waals surface area contributed by atoms with Gasteiger partial charge in [0.25, 0.3) is 0 Å². The van der Waals surface area contributed by atoms with Gasteiger partial charge in [-0.1, -0.05) is 18.2 Å². The van der Waals surface area contributed by atoms with Crippen molar-refractivity contribution >= 4 is 30.0 Å². The summed E-state index contributed by atoms with van der Waals surface area (Å²) in [5.41, 5.74) is 0.121. The molecule has 0 fully saturated rings. The Morgan fingerprint density at radius 3 is 1.92 bits per heavy atom. The van der Waals surface area contributed by atoms with Crippen LogP contribution in [0.15, 0.2) is 72.8 Å². The molecule has 0 amide bonds. The van der Waals surface area contributed by atoms with Gasteiger partial charge in [0.1, 0.15) is 17.8 Å². The van der Waals surface area contributed by atoms with Gasteiger partial charge in [0.15, 0.2) is 46.0 Å². The van der Waals surface area contributed by atoms with Crippen molar-refractivity contribution in [1.82, 2.24) is 0 Å². The lowest BCUT2D eigenvalue weighted by atomic mass is 9.87. The molecule has 17 heteroatoms. The number of fused-ring (bicyclic) bond motifs is 1. The number of hydrogen-bond donors (Lipinski definition) is 9. The fraction of sp³-hybridized carbons (Fsp3) is 0.143.